The minimum Gasteiger partial charge on any atom is -0.478 e. The smallest absolute Gasteiger partial charge is 0.328 e. The van der Waals surface area contributed by atoms with Crippen molar-refractivity contribution in [2.24, 2.45) is 0 Å². The number of rotatable bonds is 6. The Hall–Kier alpha value is -1.97. The first-order valence-corrected chi connectivity index (χ1v) is 7.96. The van der Waals surface area contributed by atoms with Crippen LogP contribution in [-0.2, 0) is 11.2 Å². The molecule has 0 saturated carbocycles. The second-order valence-electron chi connectivity index (χ2n) is 4.80. The highest BCUT2D eigenvalue weighted by Crippen LogP contribution is 2.30. The molecule has 1 aromatic carbocycles. The highest BCUT2D eigenvalue weighted by atomic mass is 35.5. The zero-order valence-electron chi connectivity index (χ0n) is 12.6. The standard InChI is InChI=1S/C18H16Cl2O3/c1-2-12(15(20)9-10-19)11-17-14-6-4-3-5-13(14)16(23-17)7-8-18(21)22/h2-9H,10-11H2,1H3,(H,21,22)/b8-7+,12-2-,15-9+. The van der Waals surface area contributed by atoms with E-state index < -0.39 is 5.97 Å². The molecule has 1 N–H and O–H groups in total. The van der Waals surface area contributed by atoms with E-state index in [1.807, 2.05) is 37.3 Å². The zero-order valence-corrected chi connectivity index (χ0v) is 14.1. The van der Waals surface area contributed by atoms with Crippen molar-refractivity contribution in [3.05, 3.63) is 64.6 Å². The highest BCUT2D eigenvalue weighted by molar-refractivity contribution is 6.32. The van der Waals surface area contributed by atoms with E-state index in [2.05, 4.69) is 0 Å². The molecule has 0 radical (unpaired) electrons. The number of aliphatic carboxylic acids is 1. The van der Waals surface area contributed by atoms with Crippen molar-refractivity contribution in [2.75, 3.05) is 5.88 Å². The molecule has 0 spiro atoms. The fourth-order valence-electron chi connectivity index (χ4n) is 2.28. The first-order valence-electron chi connectivity index (χ1n) is 7.05. The Labute approximate surface area is 144 Å². The molecular formula is C18H16Cl2O3. The molecule has 0 saturated heterocycles. The summed E-state index contributed by atoms with van der Waals surface area (Å²) in [7, 11) is 0. The molecule has 0 bridgehead atoms. The van der Waals surface area contributed by atoms with Gasteiger partial charge in [-0.25, -0.2) is 4.79 Å². The Bertz CT molecular complexity index is 798. The van der Waals surface area contributed by atoms with Gasteiger partial charge in [-0.05, 0) is 18.6 Å². The molecule has 0 aliphatic rings. The van der Waals surface area contributed by atoms with E-state index in [0.717, 1.165) is 28.2 Å². The molecule has 0 aliphatic heterocycles. The lowest BCUT2D eigenvalue weighted by Gasteiger charge is -2.04. The van der Waals surface area contributed by atoms with Crippen LogP contribution in [0, 0.1) is 0 Å². The van der Waals surface area contributed by atoms with Crippen molar-refractivity contribution >= 4 is 46.0 Å². The average Bonchev–Trinajstić information content (AvgIpc) is 2.89. The minimum absolute atomic E-state index is 0.335. The van der Waals surface area contributed by atoms with E-state index in [0.29, 0.717) is 23.1 Å². The molecule has 2 rings (SSSR count). The van der Waals surface area contributed by atoms with Crippen molar-refractivity contribution in [2.45, 2.75) is 13.3 Å². The van der Waals surface area contributed by atoms with Gasteiger partial charge in [0.05, 0.1) is 0 Å². The van der Waals surface area contributed by atoms with Gasteiger partial charge in [0.2, 0.25) is 0 Å². The van der Waals surface area contributed by atoms with Crippen LogP contribution in [0.1, 0.15) is 18.4 Å². The Morgan fingerprint density at radius 3 is 2.61 bits per heavy atom. The van der Waals surface area contributed by atoms with Gasteiger partial charge in [-0.15, -0.1) is 11.6 Å². The van der Waals surface area contributed by atoms with Gasteiger partial charge in [0.25, 0.3) is 0 Å². The molecule has 5 heteroatoms. The van der Waals surface area contributed by atoms with Gasteiger partial charge in [-0.1, -0.05) is 48.0 Å². The Kier molecular flexibility index (Phi) is 6.08. The molecule has 0 fully saturated rings. The fraction of sp³-hybridized carbons (Fsp3) is 0.167. The largest absolute Gasteiger partial charge is 0.478 e. The summed E-state index contributed by atoms with van der Waals surface area (Å²) in [5, 5.41) is 11.2. The summed E-state index contributed by atoms with van der Waals surface area (Å²) in [6, 6.07) is 7.64. The van der Waals surface area contributed by atoms with Crippen LogP contribution < -0.4 is 0 Å². The van der Waals surface area contributed by atoms with Crippen LogP contribution in [0.2, 0.25) is 0 Å². The van der Waals surface area contributed by atoms with Crippen LogP contribution in [0.5, 0.6) is 0 Å². The van der Waals surface area contributed by atoms with Crippen molar-refractivity contribution < 1.29 is 14.3 Å². The number of fused-ring (bicyclic) bond motifs is 1. The van der Waals surface area contributed by atoms with E-state index in [9.17, 15) is 4.79 Å². The molecule has 0 unspecified atom stereocenters. The van der Waals surface area contributed by atoms with Gasteiger partial charge in [0.1, 0.15) is 11.5 Å². The number of carbonyl (C=O) groups is 1. The monoisotopic (exact) mass is 350 g/mol. The summed E-state index contributed by atoms with van der Waals surface area (Å²) in [4.78, 5) is 10.7. The minimum atomic E-state index is -1.02. The Morgan fingerprint density at radius 1 is 1.30 bits per heavy atom. The second-order valence-corrected chi connectivity index (χ2v) is 5.52. The van der Waals surface area contributed by atoms with E-state index in [1.165, 1.54) is 6.08 Å². The summed E-state index contributed by atoms with van der Waals surface area (Å²) in [6.45, 7) is 1.90. The van der Waals surface area contributed by atoms with Crippen molar-refractivity contribution in [1.29, 1.82) is 0 Å². The number of benzene rings is 1. The highest BCUT2D eigenvalue weighted by Gasteiger charge is 2.14. The average molecular weight is 351 g/mol. The fourth-order valence-corrected chi connectivity index (χ4v) is 2.77. The van der Waals surface area contributed by atoms with E-state index in [-0.39, 0.29) is 0 Å². The maximum atomic E-state index is 10.7. The van der Waals surface area contributed by atoms with Gasteiger partial charge in [-0.2, -0.15) is 0 Å². The van der Waals surface area contributed by atoms with Crippen molar-refractivity contribution in [3.63, 3.8) is 0 Å². The Morgan fingerprint density at radius 2 is 2.00 bits per heavy atom. The topological polar surface area (TPSA) is 50.4 Å². The van der Waals surface area contributed by atoms with Crippen molar-refractivity contribution in [3.8, 4) is 0 Å². The zero-order chi connectivity index (χ0) is 16.8. The number of allylic oxidation sites excluding steroid dienone is 4. The van der Waals surface area contributed by atoms with Crippen LogP contribution in [0.4, 0.5) is 0 Å². The number of carboxylic acids is 1. The third-order valence-electron chi connectivity index (χ3n) is 3.37. The normalized spacial score (nSPS) is 13.2. The molecule has 0 amide bonds. The van der Waals surface area contributed by atoms with E-state index in [1.54, 1.807) is 6.08 Å². The van der Waals surface area contributed by atoms with Gasteiger partial charge in [-0.3, -0.25) is 0 Å². The summed E-state index contributed by atoms with van der Waals surface area (Å²) < 4.78 is 5.87. The lowest BCUT2D eigenvalue weighted by atomic mass is 10.1. The van der Waals surface area contributed by atoms with E-state index >= 15 is 0 Å². The summed E-state index contributed by atoms with van der Waals surface area (Å²) in [5.41, 5.74) is 0.903. The first kappa shape index (κ1) is 17.4. The number of carboxylic acid groups (broad SMARTS) is 1. The van der Waals surface area contributed by atoms with Gasteiger partial charge < -0.3 is 9.52 Å². The molecule has 0 aliphatic carbocycles. The van der Waals surface area contributed by atoms with Crippen LogP contribution >= 0.6 is 23.2 Å². The maximum absolute atomic E-state index is 10.7. The van der Waals surface area contributed by atoms with Crippen LogP contribution in [-0.4, -0.2) is 17.0 Å². The van der Waals surface area contributed by atoms with Gasteiger partial charge >= 0.3 is 5.97 Å². The predicted octanol–water partition coefficient (Wildman–Crippen LogP) is 5.38. The molecule has 120 valence electrons. The molecule has 2 aromatic rings. The lowest BCUT2D eigenvalue weighted by Crippen LogP contribution is -1.90. The van der Waals surface area contributed by atoms with Crippen molar-refractivity contribution in [1.82, 2.24) is 0 Å². The lowest BCUT2D eigenvalue weighted by molar-refractivity contribution is -0.131. The predicted molar refractivity (Wildman–Crippen MR) is 95.0 cm³/mol. The number of hydrogen-bond donors (Lipinski definition) is 1. The molecule has 23 heavy (non-hydrogen) atoms. The molecule has 1 aromatic heterocycles. The molecular weight excluding hydrogens is 335 g/mol. The molecule has 3 nitrogen and oxygen atoms in total. The molecule has 1 heterocycles. The Balaban J connectivity index is 2.45. The van der Waals surface area contributed by atoms with Crippen LogP contribution in [0.15, 0.2) is 57.5 Å². The van der Waals surface area contributed by atoms with Crippen LogP contribution in [0.25, 0.3) is 16.8 Å². The van der Waals surface area contributed by atoms with Gasteiger partial charge in [0.15, 0.2) is 0 Å². The van der Waals surface area contributed by atoms with E-state index in [4.69, 9.17) is 32.7 Å². The summed E-state index contributed by atoms with van der Waals surface area (Å²) >= 11 is 11.9. The molecule has 0 atom stereocenters. The van der Waals surface area contributed by atoms with Gasteiger partial charge in [0, 0.05) is 34.2 Å². The third-order valence-corrected chi connectivity index (χ3v) is 3.92. The quantitative estimate of drug-likeness (QED) is 0.432. The maximum Gasteiger partial charge on any atom is 0.328 e. The number of alkyl halides is 1. The summed E-state index contributed by atoms with van der Waals surface area (Å²) in [6.07, 6.45) is 6.67. The number of halogens is 2. The first-order chi connectivity index (χ1) is 11.1. The number of hydrogen-bond acceptors (Lipinski definition) is 2. The summed E-state index contributed by atoms with van der Waals surface area (Å²) in [5.74, 6) is 0.571. The second kappa shape index (κ2) is 8.04. The van der Waals surface area contributed by atoms with Crippen LogP contribution in [0.3, 0.4) is 0 Å². The SMILES string of the molecule is C/C=C(Cc1oc(/C=C/C(=O)O)c2ccccc12)\C(Cl)=C/CCl. The number of furan rings is 1. The third kappa shape index (κ3) is 4.27.